The summed E-state index contributed by atoms with van der Waals surface area (Å²) >= 11 is 5.66. The number of ketones is 1. The standard InChI is InChI=1S/C27H33ClN4O5/c1-13(19(33)11-28)29-25(35)23-21-16(27(21,2)3)12-32(23)26(36)22(14-8-9-14)31-24(34)18-10-15-17(30-18)6-5-7-20(15)37-4/h5-7,10,13-14,16,21-23,30H,8-9,11-12H2,1-4H3,(H,29,35)(H,31,34)/t13-,16-,21-,22?,23-/m0/s1. The number of Topliss-reactive ketones (excluding diaryl/α,β-unsaturated/α-hetero) is 1. The molecule has 1 aliphatic heterocycles. The topological polar surface area (TPSA) is 121 Å². The van der Waals surface area contributed by atoms with Crippen LogP contribution in [0.3, 0.4) is 0 Å². The van der Waals surface area contributed by atoms with Gasteiger partial charge in [0.2, 0.25) is 11.8 Å². The number of ether oxygens (including phenoxy) is 1. The van der Waals surface area contributed by atoms with Crippen molar-refractivity contribution in [2.75, 3.05) is 19.5 Å². The Morgan fingerprint density at radius 1 is 1.22 bits per heavy atom. The van der Waals surface area contributed by atoms with E-state index in [1.165, 1.54) is 0 Å². The number of nitrogens with one attached hydrogen (secondary N) is 3. The van der Waals surface area contributed by atoms with Crippen molar-refractivity contribution in [3.05, 3.63) is 30.0 Å². The van der Waals surface area contributed by atoms with Gasteiger partial charge in [0.15, 0.2) is 5.78 Å². The molecule has 1 aromatic heterocycles. The molecule has 2 aliphatic carbocycles. The second-order valence-electron chi connectivity index (χ2n) is 11.1. The highest BCUT2D eigenvalue weighted by Crippen LogP contribution is 2.65. The SMILES string of the molecule is COc1cccc2[nH]c(C(=O)NC(C(=O)N3C[C@H]4[C@@H]([C@H]3C(=O)N[C@@H](C)C(=O)CCl)C4(C)C)C3CC3)cc12. The van der Waals surface area contributed by atoms with Gasteiger partial charge in [0.1, 0.15) is 23.5 Å². The molecule has 10 heteroatoms. The zero-order valence-electron chi connectivity index (χ0n) is 21.5. The number of nitrogens with zero attached hydrogens (tertiary/aromatic N) is 1. The Morgan fingerprint density at radius 3 is 2.59 bits per heavy atom. The van der Waals surface area contributed by atoms with Crippen LogP contribution in [-0.2, 0) is 14.4 Å². The molecule has 3 aliphatic rings. The van der Waals surface area contributed by atoms with Crippen LogP contribution < -0.4 is 15.4 Å². The summed E-state index contributed by atoms with van der Waals surface area (Å²) in [5, 5.41) is 6.48. The fraction of sp³-hybridized carbons (Fsp3) is 0.556. The van der Waals surface area contributed by atoms with Crippen molar-refractivity contribution in [3.8, 4) is 5.75 Å². The molecular weight excluding hydrogens is 496 g/mol. The lowest BCUT2D eigenvalue weighted by Crippen LogP contribution is -2.57. The van der Waals surface area contributed by atoms with E-state index in [4.69, 9.17) is 16.3 Å². The van der Waals surface area contributed by atoms with Gasteiger partial charge in [0.05, 0.1) is 19.0 Å². The predicted molar refractivity (Wildman–Crippen MR) is 138 cm³/mol. The number of carbonyl (C=O) groups excluding carboxylic acids is 4. The molecular formula is C27H33ClN4O5. The fourth-order valence-electron chi connectivity index (χ4n) is 5.94. The van der Waals surface area contributed by atoms with E-state index in [0.29, 0.717) is 18.0 Å². The number of benzene rings is 1. The number of piperidine rings is 1. The Balaban J connectivity index is 1.35. The third-order valence-electron chi connectivity index (χ3n) is 8.47. The monoisotopic (exact) mass is 528 g/mol. The van der Waals surface area contributed by atoms with E-state index in [9.17, 15) is 19.2 Å². The fourth-order valence-corrected chi connectivity index (χ4v) is 6.18. The molecule has 3 N–H and O–H groups in total. The van der Waals surface area contributed by atoms with Gasteiger partial charge >= 0.3 is 0 Å². The van der Waals surface area contributed by atoms with Gasteiger partial charge < -0.3 is 25.3 Å². The molecule has 3 fully saturated rings. The highest BCUT2D eigenvalue weighted by molar-refractivity contribution is 6.28. The number of alkyl halides is 1. The normalized spacial score (nSPS) is 25.2. The van der Waals surface area contributed by atoms with Crippen molar-refractivity contribution in [3.63, 3.8) is 0 Å². The lowest BCUT2D eigenvalue weighted by Gasteiger charge is -2.33. The summed E-state index contributed by atoms with van der Waals surface area (Å²) in [5.74, 6) is -0.564. The van der Waals surface area contributed by atoms with Crippen LogP contribution in [-0.4, -0.2) is 71.0 Å². The molecule has 1 saturated heterocycles. The van der Waals surface area contributed by atoms with E-state index < -0.39 is 18.1 Å². The number of carbonyl (C=O) groups is 4. The molecule has 1 aromatic carbocycles. The second-order valence-corrected chi connectivity index (χ2v) is 11.4. The van der Waals surface area contributed by atoms with Crippen LogP contribution in [0.5, 0.6) is 5.75 Å². The molecule has 0 spiro atoms. The van der Waals surface area contributed by atoms with Crippen LogP contribution in [0.25, 0.3) is 10.9 Å². The maximum atomic E-state index is 13.8. The number of likely N-dealkylation sites (tertiary alicyclic amines) is 1. The first-order valence-electron chi connectivity index (χ1n) is 12.7. The Bertz CT molecular complexity index is 1270. The van der Waals surface area contributed by atoms with Gasteiger partial charge in [-0.3, -0.25) is 19.2 Å². The van der Waals surface area contributed by atoms with E-state index in [1.54, 1.807) is 25.0 Å². The molecule has 5 atom stereocenters. The molecule has 2 aromatic rings. The van der Waals surface area contributed by atoms with Crippen molar-refractivity contribution in [1.82, 2.24) is 20.5 Å². The third kappa shape index (κ3) is 4.47. The van der Waals surface area contributed by atoms with Crippen LogP contribution in [0.1, 0.15) is 44.1 Å². The first-order valence-corrected chi connectivity index (χ1v) is 13.3. The zero-order valence-corrected chi connectivity index (χ0v) is 22.2. The van der Waals surface area contributed by atoms with Crippen molar-refractivity contribution in [2.24, 2.45) is 23.2 Å². The van der Waals surface area contributed by atoms with Gasteiger partial charge in [-0.1, -0.05) is 19.9 Å². The van der Waals surface area contributed by atoms with Gasteiger partial charge in [-0.15, -0.1) is 11.6 Å². The van der Waals surface area contributed by atoms with E-state index in [2.05, 4.69) is 29.5 Å². The molecule has 5 rings (SSSR count). The summed E-state index contributed by atoms with van der Waals surface area (Å²) in [7, 11) is 1.57. The Kier molecular flexibility index (Phi) is 6.46. The van der Waals surface area contributed by atoms with Crippen molar-refractivity contribution in [1.29, 1.82) is 0 Å². The number of methoxy groups -OCH3 is 1. The first-order chi connectivity index (χ1) is 17.6. The van der Waals surface area contributed by atoms with Crippen LogP contribution >= 0.6 is 11.6 Å². The van der Waals surface area contributed by atoms with E-state index in [1.807, 2.05) is 18.2 Å². The molecule has 0 bridgehead atoms. The molecule has 1 unspecified atom stereocenters. The van der Waals surface area contributed by atoms with Crippen LogP contribution in [0.15, 0.2) is 24.3 Å². The number of aromatic amines is 1. The van der Waals surface area contributed by atoms with Gasteiger partial charge in [0.25, 0.3) is 5.91 Å². The summed E-state index contributed by atoms with van der Waals surface area (Å²) in [6.07, 6.45) is 1.67. The summed E-state index contributed by atoms with van der Waals surface area (Å²) in [4.78, 5) is 57.1. The minimum atomic E-state index is -0.735. The number of rotatable bonds is 9. The average molecular weight is 529 g/mol. The number of halogens is 1. The largest absolute Gasteiger partial charge is 0.496 e. The highest BCUT2D eigenvalue weighted by Gasteiger charge is 2.69. The number of fused-ring (bicyclic) bond motifs is 2. The van der Waals surface area contributed by atoms with Gasteiger partial charge in [0, 0.05) is 17.4 Å². The minimum Gasteiger partial charge on any atom is -0.496 e. The summed E-state index contributed by atoms with van der Waals surface area (Å²) in [6, 6.07) is 5.09. The number of H-pyrrole nitrogens is 1. The molecule has 37 heavy (non-hydrogen) atoms. The lowest BCUT2D eigenvalue weighted by atomic mass is 9.98. The van der Waals surface area contributed by atoms with E-state index in [0.717, 1.165) is 23.7 Å². The van der Waals surface area contributed by atoms with Crippen molar-refractivity contribution >= 4 is 46.0 Å². The summed E-state index contributed by atoms with van der Waals surface area (Å²) in [5.41, 5.74) is 1.03. The summed E-state index contributed by atoms with van der Waals surface area (Å²) in [6.45, 7) is 6.25. The van der Waals surface area contributed by atoms with Crippen molar-refractivity contribution in [2.45, 2.75) is 51.7 Å². The number of aromatic nitrogens is 1. The minimum absolute atomic E-state index is 0.00600. The predicted octanol–water partition coefficient (Wildman–Crippen LogP) is 2.48. The van der Waals surface area contributed by atoms with Crippen molar-refractivity contribution < 1.29 is 23.9 Å². The molecule has 3 amide bonds. The number of hydrogen-bond acceptors (Lipinski definition) is 5. The van der Waals surface area contributed by atoms with Crippen LogP contribution in [0.4, 0.5) is 0 Å². The zero-order chi connectivity index (χ0) is 26.6. The maximum absolute atomic E-state index is 13.8. The maximum Gasteiger partial charge on any atom is 0.268 e. The third-order valence-corrected chi connectivity index (χ3v) is 8.73. The highest BCUT2D eigenvalue weighted by atomic mass is 35.5. The number of amides is 3. The second kappa shape index (κ2) is 9.35. The molecule has 0 radical (unpaired) electrons. The Hall–Kier alpha value is -3.07. The van der Waals surface area contributed by atoms with Gasteiger partial charge in [-0.05, 0) is 61.1 Å². The molecule has 2 heterocycles. The number of hydrogen-bond donors (Lipinski definition) is 3. The van der Waals surface area contributed by atoms with E-state index in [-0.39, 0.29) is 52.6 Å². The first kappa shape index (κ1) is 25.6. The van der Waals surface area contributed by atoms with Gasteiger partial charge in [-0.2, -0.15) is 0 Å². The lowest BCUT2D eigenvalue weighted by molar-refractivity contribution is -0.142. The average Bonchev–Trinajstić information content (AvgIpc) is 3.66. The van der Waals surface area contributed by atoms with E-state index >= 15 is 0 Å². The van der Waals surface area contributed by atoms with Gasteiger partial charge in [-0.25, -0.2) is 0 Å². The Labute approximate surface area is 220 Å². The molecule has 2 saturated carbocycles. The summed E-state index contributed by atoms with van der Waals surface area (Å²) < 4.78 is 5.39. The molecule has 198 valence electrons. The van der Waals surface area contributed by atoms with Crippen LogP contribution in [0.2, 0.25) is 0 Å². The Morgan fingerprint density at radius 2 is 1.95 bits per heavy atom. The molecule has 9 nitrogen and oxygen atoms in total. The quantitative estimate of drug-likeness (QED) is 0.432. The van der Waals surface area contributed by atoms with Crippen LogP contribution in [0, 0.1) is 23.2 Å². The smallest absolute Gasteiger partial charge is 0.268 e.